The Kier molecular flexibility index (Phi) is 5.82. The first-order valence-electron chi connectivity index (χ1n) is 5.86. The highest BCUT2D eigenvalue weighted by Crippen LogP contribution is 2.37. The van der Waals surface area contributed by atoms with E-state index in [1.807, 2.05) is 0 Å². The Labute approximate surface area is 124 Å². The summed E-state index contributed by atoms with van der Waals surface area (Å²) in [5, 5.41) is 36.8. The molecule has 1 aromatic rings. The summed E-state index contributed by atoms with van der Waals surface area (Å²) in [4.78, 5) is 21.5. The second-order valence-electron chi connectivity index (χ2n) is 4.37. The molecule has 1 unspecified atom stereocenters. The van der Waals surface area contributed by atoms with E-state index in [4.69, 9.17) is 21.7 Å². The van der Waals surface area contributed by atoms with E-state index in [1.165, 1.54) is 12.1 Å². The van der Waals surface area contributed by atoms with E-state index in [9.17, 15) is 19.8 Å². The summed E-state index contributed by atoms with van der Waals surface area (Å²) in [6, 6.07) is 0.380. The predicted molar refractivity (Wildman–Crippen MR) is 75.4 cm³/mol. The van der Waals surface area contributed by atoms with Crippen LogP contribution in [0.3, 0.4) is 0 Å². The van der Waals surface area contributed by atoms with Crippen molar-refractivity contribution in [2.45, 2.75) is 23.4 Å². The molecule has 0 aliphatic rings. The van der Waals surface area contributed by atoms with Crippen LogP contribution < -0.4 is 11.5 Å². The highest BCUT2D eigenvalue weighted by molar-refractivity contribution is 7.99. The number of rotatable bonds is 7. The van der Waals surface area contributed by atoms with Crippen LogP contribution in [0.4, 0.5) is 0 Å². The summed E-state index contributed by atoms with van der Waals surface area (Å²) in [5.74, 6) is -3.24. The summed E-state index contributed by atoms with van der Waals surface area (Å²) in [5.41, 5.74) is 11.2. The molecule has 8 nitrogen and oxygen atoms in total. The van der Waals surface area contributed by atoms with E-state index in [1.54, 1.807) is 0 Å². The van der Waals surface area contributed by atoms with E-state index in [-0.39, 0.29) is 17.1 Å². The van der Waals surface area contributed by atoms with E-state index < -0.39 is 35.5 Å². The molecule has 0 bridgehead atoms. The fourth-order valence-corrected chi connectivity index (χ4v) is 2.45. The summed E-state index contributed by atoms with van der Waals surface area (Å²) in [6.45, 7) is 0. The van der Waals surface area contributed by atoms with Gasteiger partial charge in [0.25, 0.3) is 0 Å². The fourth-order valence-electron chi connectivity index (χ4n) is 1.47. The number of aliphatic carboxylic acids is 2. The Hall–Kier alpha value is -1.97. The van der Waals surface area contributed by atoms with Crippen LogP contribution in [-0.4, -0.2) is 50.2 Å². The van der Waals surface area contributed by atoms with Crippen LogP contribution in [0.5, 0.6) is 11.5 Å². The zero-order valence-corrected chi connectivity index (χ0v) is 11.7. The number of benzene rings is 1. The number of thioether (sulfide) groups is 1. The largest absolute Gasteiger partial charge is 0.504 e. The molecule has 0 saturated carbocycles. The number of hydrogen-bond acceptors (Lipinski definition) is 7. The summed E-state index contributed by atoms with van der Waals surface area (Å²) in [6.07, 6.45) is -0.0400. The van der Waals surface area contributed by atoms with Crippen molar-refractivity contribution >= 4 is 23.7 Å². The van der Waals surface area contributed by atoms with Crippen molar-refractivity contribution in [2.24, 2.45) is 11.5 Å². The van der Waals surface area contributed by atoms with Crippen molar-refractivity contribution in [2.75, 3.05) is 5.75 Å². The van der Waals surface area contributed by atoms with Gasteiger partial charge in [0, 0.05) is 5.75 Å². The average molecular weight is 316 g/mol. The maximum Gasteiger partial charge on any atom is 0.321 e. The molecule has 8 N–H and O–H groups in total. The lowest BCUT2D eigenvalue weighted by atomic mass is 10.1. The van der Waals surface area contributed by atoms with Gasteiger partial charge < -0.3 is 31.9 Å². The van der Waals surface area contributed by atoms with Crippen LogP contribution in [0.1, 0.15) is 5.56 Å². The van der Waals surface area contributed by atoms with Crippen molar-refractivity contribution in [3.63, 3.8) is 0 Å². The van der Waals surface area contributed by atoms with E-state index in [0.717, 1.165) is 11.8 Å². The zero-order chi connectivity index (χ0) is 16.2. The first-order chi connectivity index (χ1) is 9.72. The second-order valence-corrected chi connectivity index (χ2v) is 5.43. The molecule has 9 heteroatoms. The van der Waals surface area contributed by atoms with E-state index >= 15 is 0 Å². The third-order valence-electron chi connectivity index (χ3n) is 2.62. The van der Waals surface area contributed by atoms with Gasteiger partial charge in [0.1, 0.15) is 12.1 Å². The molecule has 1 aromatic carbocycles. The first-order valence-corrected chi connectivity index (χ1v) is 6.85. The van der Waals surface area contributed by atoms with Crippen LogP contribution in [0.15, 0.2) is 17.0 Å². The van der Waals surface area contributed by atoms with Crippen LogP contribution in [-0.2, 0) is 16.0 Å². The van der Waals surface area contributed by atoms with E-state index in [0.29, 0.717) is 5.56 Å². The van der Waals surface area contributed by atoms with Crippen LogP contribution in [0.25, 0.3) is 0 Å². The molecule has 0 aromatic heterocycles. The van der Waals surface area contributed by atoms with Crippen molar-refractivity contribution in [1.82, 2.24) is 0 Å². The number of phenolic OH excluding ortho intramolecular Hbond substituents is 2. The molecule has 2 atom stereocenters. The molecule has 0 aliphatic heterocycles. The third kappa shape index (κ3) is 4.81. The summed E-state index contributed by atoms with van der Waals surface area (Å²) in [7, 11) is 0. The Bertz CT molecular complexity index is 551. The highest BCUT2D eigenvalue weighted by Gasteiger charge is 2.18. The third-order valence-corrected chi connectivity index (χ3v) is 3.77. The molecule has 0 heterocycles. The molecular weight excluding hydrogens is 300 g/mol. The van der Waals surface area contributed by atoms with Gasteiger partial charge in [-0.15, -0.1) is 11.8 Å². The summed E-state index contributed by atoms with van der Waals surface area (Å²) < 4.78 is 0. The van der Waals surface area contributed by atoms with E-state index in [2.05, 4.69) is 0 Å². The van der Waals surface area contributed by atoms with Crippen LogP contribution in [0, 0.1) is 0 Å². The lowest BCUT2D eigenvalue weighted by Crippen LogP contribution is -2.32. The number of carboxylic acid groups (broad SMARTS) is 2. The molecule has 0 aliphatic carbocycles. The standard InChI is InChI=1S/C12H16N2O6S/c13-6(11(17)18)1-5-2-8(15)10(16)9(3-5)21-4-7(14)12(19)20/h2-3,6-7,15-16H,1,4,13-14H2,(H,17,18)(H,19,20)/t6-,7?/m0/s1. The van der Waals surface area contributed by atoms with Gasteiger partial charge in [-0.2, -0.15) is 0 Å². The predicted octanol–water partition coefficient (Wildman–Crippen LogP) is -0.444. The number of aromatic hydroxyl groups is 2. The van der Waals surface area contributed by atoms with Gasteiger partial charge in [0.15, 0.2) is 11.5 Å². The molecule has 1 rings (SSSR count). The smallest absolute Gasteiger partial charge is 0.321 e. The van der Waals surface area contributed by atoms with Crippen molar-refractivity contribution in [3.8, 4) is 11.5 Å². The Balaban J connectivity index is 2.90. The fraction of sp³-hybridized carbons (Fsp3) is 0.333. The minimum Gasteiger partial charge on any atom is -0.504 e. The topological polar surface area (TPSA) is 167 Å². The van der Waals surface area contributed by atoms with Crippen molar-refractivity contribution in [1.29, 1.82) is 0 Å². The van der Waals surface area contributed by atoms with Gasteiger partial charge in [0.2, 0.25) is 0 Å². The maximum absolute atomic E-state index is 10.7. The molecule has 0 saturated heterocycles. The van der Waals surface area contributed by atoms with Gasteiger partial charge >= 0.3 is 11.9 Å². The number of nitrogens with two attached hydrogens (primary N) is 2. The SMILES string of the molecule is NC(CSc1cc(C[C@H](N)C(=O)O)cc(O)c1O)C(=O)O. The number of phenols is 2. The Morgan fingerprint density at radius 1 is 1.10 bits per heavy atom. The number of carboxylic acids is 2. The molecule has 21 heavy (non-hydrogen) atoms. The lowest BCUT2D eigenvalue weighted by molar-refractivity contribution is -0.139. The normalized spacial score (nSPS) is 13.6. The molecule has 116 valence electrons. The minimum atomic E-state index is -1.19. The van der Waals surface area contributed by atoms with Crippen LogP contribution >= 0.6 is 11.8 Å². The highest BCUT2D eigenvalue weighted by atomic mass is 32.2. The van der Waals surface area contributed by atoms with Crippen molar-refractivity contribution < 1.29 is 30.0 Å². The first kappa shape index (κ1) is 17.1. The van der Waals surface area contributed by atoms with Gasteiger partial charge in [0.05, 0.1) is 4.90 Å². The Morgan fingerprint density at radius 2 is 1.67 bits per heavy atom. The van der Waals surface area contributed by atoms with Gasteiger partial charge in [-0.3, -0.25) is 9.59 Å². The number of hydrogen-bond donors (Lipinski definition) is 6. The zero-order valence-electron chi connectivity index (χ0n) is 10.9. The van der Waals surface area contributed by atoms with Gasteiger partial charge in [-0.05, 0) is 24.1 Å². The van der Waals surface area contributed by atoms with Gasteiger partial charge in [-0.1, -0.05) is 0 Å². The molecule has 0 fully saturated rings. The molecule has 0 radical (unpaired) electrons. The average Bonchev–Trinajstić information content (AvgIpc) is 2.40. The van der Waals surface area contributed by atoms with Gasteiger partial charge in [-0.25, -0.2) is 0 Å². The monoisotopic (exact) mass is 316 g/mol. The lowest BCUT2D eigenvalue weighted by Gasteiger charge is -2.12. The number of carbonyl (C=O) groups is 2. The minimum absolute atomic E-state index is 0.0171. The summed E-state index contributed by atoms with van der Waals surface area (Å²) >= 11 is 0.943. The molecular formula is C12H16N2O6S. The van der Waals surface area contributed by atoms with Crippen molar-refractivity contribution in [3.05, 3.63) is 17.7 Å². The molecule has 0 amide bonds. The second kappa shape index (κ2) is 7.16. The van der Waals surface area contributed by atoms with Crippen LogP contribution in [0.2, 0.25) is 0 Å². The Morgan fingerprint density at radius 3 is 2.19 bits per heavy atom. The molecule has 0 spiro atoms. The quantitative estimate of drug-likeness (QED) is 0.288. The maximum atomic E-state index is 10.7.